The molecule has 0 aliphatic carbocycles. The Kier molecular flexibility index (Phi) is 4.30. The molecule has 4 rings (SSSR count). The van der Waals surface area contributed by atoms with Crippen LogP contribution >= 0.6 is 11.8 Å². The second kappa shape index (κ2) is 6.90. The van der Waals surface area contributed by atoms with Gasteiger partial charge in [0.05, 0.1) is 5.75 Å². The summed E-state index contributed by atoms with van der Waals surface area (Å²) < 4.78 is 5.69. The summed E-state index contributed by atoms with van der Waals surface area (Å²) in [5.74, 6) is 2.34. The Morgan fingerprint density at radius 1 is 1.00 bits per heavy atom. The van der Waals surface area contributed by atoms with E-state index in [-0.39, 0.29) is 0 Å². The number of aromatic amines is 1. The molecule has 7 heteroatoms. The van der Waals surface area contributed by atoms with Gasteiger partial charge in [0, 0.05) is 11.1 Å². The zero-order valence-electron chi connectivity index (χ0n) is 13.5. The molecule has 124 valence electrons. The van der Waals surface area contributed by atoms with E-state index >= 15 is 0 Å². The lowest BCUT2D eigenvalue weighted by molar-refractivity contribution is 0.528. The predicted molar refractivity (Wildman–Crippen MR) is 95.9 cm³/mol. The van der Waals surface area contributed by atoms with Gasteiger partial charge in [-0.2, -0.15) is 0 Å². The van der Waals surface area contributed by atoms with Crippen molar-refractivity contribution in [2.45, 2.75) is 17.8 Å². The Bertz CT molecular complexity index is 980. The third kappa shape index (κ3) is 3.61. The largest absolute Gasteiger partial charge is 0.420 e. The quantitative estimate of drug-likeness (QED) is 0.546. The molecular formula is C18H15N5OS. The van der Waals surface area contributed by atoms with Gasteiger partial charge in [0.15, 0.2) is 5.82 Å². The molecule has 1 N–H and O–H groups in total. The maximum atomic E-state index is 5.69. The summed E-state index contributed by atoms with van der Waals surface area (Å²) in [5, 5.41) is 16.0. The number of thioether (sulfide) groups is 1. The molecule has 0 atom stereocenters. The number of hydrogen-bond donors (Lipinski definition) is 1. The van der Waals surface area contributed by atoms with Crippen LogP contribution in [0.3, 0.4) is 0 Å². The summed E-state index contributed by atoms with van der Waals surface area (Å²) in [7, 11) is 0. The fourth-order valence-electron chi connectivity index (χ4n) is 2.37. The third-order valence-electron chi connectivity index (χ3n) is 3.57. The zero-order valence-corrected chi connectivity index (χ0v) is 14.3. The first kappa shape index (κ1) is 15.6. The van der Waals surface area contributed by atoms with Crippen LogP contribution in [0.25, 0.3) is 22.8 Å². The number of H-pyrrole nitrogens is 1. The molecule has 0 unspecified atom stereocenters. The molecule has 2 heterocycles. The number of hydrogen-bond acceptors (Lipinski definition) is 6. The number of rotatable bonds is 5. The van der Waals surface area contributed by atoms with Crippen molar-refractivity contribution in [2.24, 2.45) is 0 Å². The minimum Gasteiger partial charge on any atom is -0.420 e. The second-order valence-corrected chi connectivity index (χ2v) is 6.43. The number of benzene rings is 2. The molecule has 0 aliphatic rings. The SMILES string of the molecule is Cc1cccc(-c2nc(SCc3nnc(-c4ccccc4)o3)n[nH]2)c1. The van der Waals surface area contributed by atoms with Gasteiger partial charge >= 0.3 is 0 Å². The molecule has 0 saturated heterocycles. The van der Waals surface area contributed by atoms with Crippen molar-refractivity contribution in [3.8, 4) is 22.8 Å². The lowest BCUT2D eigenvalue weighted by Crippen LogP contribution is -1.83. The molecule has 2 aromatic carbocycles. The molecule has 25 heavy (non-hydrogen) atoms. The molecule has 0 fully saturated rings. The van der Waals surface area contributed by atoms with E-state index in [0.717, 1.165) is 17.0 Å². The molecule has 0 spiro atoms. The number of nitrogens with zero attached hydrogens (tertiary/aromatic N) is 4. The first-order valence-corrected chi connectivity index (χ1v) is 8.76. The van der Waals surface area contributed by atoms with Crippen LogP contribution in [0.1, 0.15) is 11.5 Å². The van der Waals surface area contributed by atoms with Gasteiger partial charge in [-0.3, -0.25) is 5.10 Å². The fourth-order valence-corrected chi connectivity index (χ4v) is 3.00. The average molecular weight is 349 g/mol. The Labute approximate surface area is 148 Å². The Balaban J connectivity index is 1.43. The van der Waals surface area contributed by atoms with Crippen molar-refractivity contribution >= 4 is 11.8 Å². The molecule has 0 saturated carbocycles. The van der Waals surface area contributed by atoms with Gasteiger partial charge < -0.3 is 4.42 Å². The van der Waals surface area contributed by atoms with Gasteiger partial charge in [-0.1, -0.05) is 53.7 Å². The molecule has 6 nitrogen and oxygen atoms in total. The van der Waals surface area contributed by atoms with Gasteiger partial charge in [0.25, 0.3) is 0 Å². The zero-order chi connectivity index (χ0) is 17.1. The van der Waals surface area contributed by atoms with Crippen LogP contribution in [-0.2, 0) is 5.75 Å². The summed E-state index contributed by atoms with van der Waals surface area (Å²) in [4.78, 5) is 4.51. The first-order chi connectivity index (χ1) is 12.3. The van der Waals surface area contributed by atoms with E-state index in [2.05, 4.69) is 44.4 Å². The van der Waals surface area contributed by atoms with Crippen LogP contribution < -0.4 is 0 Å². The molecule has 0 radical (unpaired) electrons. The maximum Gasteiger partial charge on any atom is 0.247 e. The molecule has 0 aliphatic heterocycles. The van der Waals surface area contributed by atoms with Crippen LogP contribution in [0.5, 0.6) is 0 Å². The van der Waals surface area contributed by atoms with Crippen LogP contribution in [0.4, 0.5) is 0 Å². The summed E-state index contributed by atoms with van der Waals surface area (Å²) in [6.45, 7) is 2.05. The highest BCUT2D eigenvalue weighted by atomic mass is 32.2. The third-order valence-corrected chi connectivity index (χ3v) is 4.40. The molecular weight excluding hydrogens is 334 g/mol. The highest BCUT2D eigenvalue weighted by Crippen LogP contribution is 2.24. The van der Waals surface area contributed by atoms with E-state index in [1.54, 1.807) is 0 Å². The van der Waals surface area contributed by atoms with E-state index in [1.165, 1.54) is 17.3 Å². The summed E-state index contributed by atoms with van der Waals surface area (Å²) in [6.07, 6.45) is 0. The molecule has 0 bridgehead atoms. The molecule has 2 aromatic heterocycles. The van der Waals surface area contributed by atoms with Crippen molar-refractivity contribution in [3.63, 3.8) is 0 Å². The van der Waals surface area contributed by atoms with Crippen LogP contribution in [0.15, 0.2) is 64.2 Å². The Morgan fingerprint density at radius 2 is 1.84 bits per heavy atom. The molecule has 4 aromatic rings. The smallest absolute Gasteiger partial charge is 0.247 e. The van der Waals surface area contributed by atoms with Crippen LogP contribution in [0, 0.1) is 6.92 Å². The van der Waals surface area contributed by atoms with E-state index in [4.69, 9.17) is 4.42 Å². The maximum absolute atomic E-state index is 5.69. The van der Waals surface area contributed by atoms with Gasteiger partial charge in [-0.05, 0) is 25.1 Å². The van der Waals surface area contributed by atoms with Crippen molar-refractivity contribution in [1.82, 2.24) is 25.4 Å². The topological polar surface area (TPSA) is 80.5 Å². The second-order valence-electron chi connectivity index (χ2n) is 5.49. The van der Waals surface area contributed by atoms with Crippen LogP contribution in [0.2, 0.25) is 0 Å². The number of nitrogens with one attached hydrogen (secondary N) is 1. The van der Waals surface area contributed by atoms with E-state index in [9.17, 15) is 0 Å². The van der Waals surface area contributed by atoms with E-state index in [1.807, 2.05) is 42.5 Å². The minimum atomic E-state index is 0.519. The summed E-state index contributed by atoms with van der Waals surface area (Å²) in [5.41, 5.74) is 3.11. The van der Waals surface area contributed by atoms with E-state index < -0.39 is 0 Å². The Hall–Kier alpha value is -2.93. The van der Waals surface area contributed by atoms with Crippen LogP contribution in [-0.4, -0.2) is 25.4 Å². The van der Waals surface area contributed by atoms with Crippen molar-refractivity contribution in [2.75, 3.05) is 0 Å². The van der Waals surface area contributed by atoms with E-state index in [0.29, 0.717) is 22.7 Å². The van der Waals surface area contributed by atoms with Gasteiger partial charge in [-0.15, -0.1) is 15.3 Å². The lowest BCUT2D eigenvalue weighted by atomic mass is 10.1. The molecule has 0 amide bonds. The monoisotopic (exact) mass is 349 g/mol. The van der Waals surface area contributed by atoms with Gasteiger partial charge in [0.2, 0.25) is 16.9 Å². The standard InChI is InChI=1S/C18H15N5OS/c1-12-6-5-9-14(10-12)16-19-18(23-21-16)25-11-15-20-22-17(24-15)13-7-3-2-4-8-13/h2-10H,11H2,1H3,(H,19,21,23). The van der Waals surface area contributed by atoms with Gasteiger partial charge in [-0.25, -0.2) is 4.98 Å². The van der Waals surface area contributed by atoms with Gasteiger partial charge in [0.1, 0.15) is 0 Å². The van der Waals surface area contributed by atoms with Crippen molar-refractivity contribution in [3.05, 3.63) is 66.1 Å². The van der Waals surface area contributed by atoms with Crippen molar-refractivity contribution in [1.29, 1.82) is 0 Å². The fraction of sp³-hybridized carbons (Fsp3) is 0.111. The number of aromatic nitrogens is 5. The van der Waals surface area contributed by atoms with Crippen molar-refractivity contribution < 1.29 is 4.42 Å². The highest BCUT2D eigenvalue weighted by Gasteiger charge is 2.11. The predicted octanol–water partition coefficient (Wildman–Crippen LogP) is 4.12. The number of aryl methyl sites for hydroxylation is 1. The average Bonchev–Trinajstić information content (AvgIpc) is 3.30. The summed E-state index contributed by atoms with van der Waals surface area (Å²) >= 11 is 1.45. The normalized spacial score (nSPS) is 10.9. The summed E-state index contributed by atoms with van der Waals surface area (Å²) in [6, 6.07) is 17.8. The lowest BCUT2D eigenvalue weighted by Gasteiger charge is -1.96. The first-order valence-electron chi connectivity index (χ1n) is 7.78. The highest BCUT2D eigenvalue weighted by molar-refractivity contribution is 7.98. The minimum absolute atomic E-state index is 0.519. The Morgan fingerprint density at radius 3 is 2.68 bits per heavy atom.